The fourth-order valence-electron chi connectivity index (χ4n) is 3.24. The number of para-hydroxylation sites is 1. The van der Waals surface area contributed by atoms with Crippen molar-refractivity contribution in [3.63, 3.8) is 0 Å². The summed E-state index contributed by atoms with van der Waals surface area (Å²) < 4.78 is 5.35. The Balaban J connectivity index is 2.03. The summed E-state index contributed by atoms with van der Waals surface area (Å²) in [5.41, 5.74) is 5.02. The molecule has 27 heavy (non-hydrogen) atoms. The fourth-order valence-corrected chi connectivity index (χ4v) is 3.24. The van der Waals surface area contributed by atoms with Crippen LogP contribution in [0.15, 0.2) is 36.4 Å². The van der Waals surface area contributed by atoms with Gasteiger partial charge in [0.2, 0.25) is 11.8 Å². The number of methoxy groups -OCH3 is 1. The van der Waals surface area contributed by atoms with Crippen LogP contribution in [0.2, 0.25) is 0 Å². The van der Waals surface area contributed by atoms with Gasteiger partial charge in [0.05, 0.1) is 13.7 Å². The van der Waals surface area contributed by atoms with Crippen molar-refractivity contribution in [1.82, 2.24) is 4.90 Å². The van der Waals surface area contributed by atoms with E-state index in [2.05, 4.69) is 5.32 Å². The van der Waals surface area contributed by atoms with Crippen molar-refractivity contribution in [1.29, 1.82) is 0 Å². The lowest BCUT2D eigenvalue weighted by molar-refractivity contribution is -0.132. The highest BCUT2D eigenvalue weighted by atomic mass is 16.5. The third-order valence-electron chi connectivity index (χ3n) is 4.56. The zero-order valence-electron chi connectivity index (χ0n) is 16.8. The van der Waals surface area contributed by atoms with E-state index in [1.165, 1.54) is 6.92 Å². The lowest BCUT2D eigenvalue weighted by Crippen LogP contribution is -2.38. The van der Waals surface area contributed by atoms with Gasteiger partial charge < -0.3 is 15.0 Å². The van der Waals surface area contributed by atoms with Gasteiger partial charge in [-0.2, -0.15) is 0 Å². The molecule has 0 aliphatic heterocycles. The number of nitrogens with one attached hydrogen (secondary N) is 1. The highest BCUT2D eigenvalue weighted by Gasteiger charge is 2.16. The van der Waals surface area contributed by atoms with E-state index in [4.69, 9.17) is 4.74 Å². The maximum Gasteiger partial charge on any atom is 0.244 e. The Bertz CT molecular complexity index is 807. The van der Waals surface area contributed by atoms with Crippen LogP contribution in [0, 0.1) is 20.8 Å². The molecule has 5 nitrogen and oxygen atoms in total. The summed E-state index contributed by atoms with van der Waals surface area (Å²) in [6.45, 7) is 7.94. The minimum absolute atomic E-state index is 0.0250. The van der Waals surface area contributed by atoms with Gasteiger partial charge in [-0.05, 0) is 49.9 Å². The van der Waals surface area contributed by atoms with Crippen LogP contribution in [0.1, 0.15) is 29.2 Å². The molecule has 0 spiro atoms. The van der Waals surface area contributed by atoms with E-state index in [9.17, 15) is 9.59 Å². The third-order valence-corrected chi connectivity index (χ3v) is 4.56. The van der Waals surface area contributed by atoms with E-state index in [0.717, 1.165) is 33.7 Å². The molecular weight excluding hydrogens is 340 g/mol. The molecule has 0 saturated carbocycles. The Kier molecular flexibility index (Phi) is 6.99. The van der Waals surface area contributed by atoms with E-state index < -0.39 is 0 Å². The molecule has 0 radical (unpaired) electrons. The van der Waals surface area contributed by atoms with Gasteiger partial charge in [0.15, 0.2) is 0 Å². The van der Waals surface area contributed by atoms with Gasteiger partial charge in [0, 0.05) is 19.2 Å². The molecule has 0 bridgehead atoms. The molecule has 0 aliphatic rings. The number of hydrogen-bond donors (Lipinski definition) is 1. The number of aryl methyl sites for hydroxylation is 3. The fraction of sp³-hybridized carbons (Fsp3) is 0.364. The quantitative estimate of drug-likeness (QED) is 0.811. The van der Waals surface area contributed by atoms with Crippen LogP contribution >= 0.6 is 0 Å². The lowest BCUT2D eigenvalue weighted by atomic mass is 10.1. The van der Waals surface area contributed by atoms with Crippen LogP contribution in [0.5, 0.6) is 5.75 Å². The number of anilines is 1. The molecule has 2 aromatic rings. The smallest absolute Gasteiger partial charge is 0.244 e. The van der Waals surface area contributed by atoms with E-state index in [0.29, 0.717) is 13.0 Å². The Labute approximate surface area is 161 Å². The SMILES string of the molecule is COc1ccccc1CCN(CC(=O)Nc1c(C)cc(C)cc1C)C(C)=O. The highest BCUT2D eigenvalue weighted by molar-refractivity contribution is 5.95. The average Bonchev–Trinajstić information content (AvgIpc) is 2.61. The van der Waals surface area contributed by atoms with Crippen molar-refractivity contribution in [3.05, 3.63) is 58.7 Å². The molecule has 2 rings (SSSR count). The minimum atomic E-state index is -0.194. The van der Waals surface area contributed by atoms with E-state index in [-0.39, 0.29) is 18.4 Å². The van der Waals surface area contributed by atoms with Crippen molar-refractivity contribution in [2.75, 3.05) is 25.5 Å². The molecular formula is C22H28N2O3. The minimum Gasteiger partial charge on any atom is -0.496 e. The molecule has 1 N–H and O–H groups in total. The topological polar surface area (TPSA) is 58.6 Å². The number of rotatable bonds is 7. The Morgan fingerprint density at radius 3 is 2.30 bits per heavy atom. The van der Waals surface area contributed by atoms with Crippen molar-refractivity contribution in [3.8, 4) is 5.75 Å². The first-order valence-electron chi connectivity index (χ1n) is 9.07. The van der Waals surface area contributed by atoms with Crippen LogP contribution in [0.4, 0.5) is 5.69 Å². The summed E-state index contributed by atoms with van der Waals surface area (Å²) >= 11 is 0. The standard InChI is InChI=1S/C22H28N2O3/c1-15-12-16(2)22(17(3)13-15)23-21(26)14-24(18(4)25)11-10-19-8-6-7-9-20(19)27-5/h6-9,12-13H,10-11,14H2,1-5H3,(H,23,26). The third kappa shape index (κ3) is 5.58. The summed E-state index contributed by atoms with van der Waals surface area (Å²) in [7, 11) is 1.63. The zero-order chi connectivity index (χ0) is 20.0. The number of ether oxygens (including phenoxy) is 1. The average molecular weight is 368 g/mol. The molecule has 0 atom stereocenters. The Hall–Kier alpha value is -2.82. The van der Waals surface area contributed by atoms with Crippen LogP contribution in [-0.4, -0.2) is 36.9 Å². The maximum absolute atomic E-state index is 12.5. The molecule has 0 unspecified atom stereocenters. The van der Waals surface area contributed by atoms with Crippen LogP contribution in [0.25, 0.3) is 0 Å². The summed E-state index contributed by atoms with van der Waals surface area (Å²) in [5, 5.41) is 2.95. The summed E-state index contributed by atoms with van der Waals surface area (Å²) in [6.07, 6.45) is 0.624. The van der Waals surface area contributed by atoms with E-state index in [1.54, 1.807) is 12.0 Å². The lowest BCUT2D eigenvalue weighted by Gasteiger charge is -2.22. The molecule has 0 saturated heterocycles. The van der Waals surface area contributed by atoms with Crippen molar-refractivity contribution in [2.45, 2.75) is 34.1 Å². The van der Waals surface area contributed by atoms with Gasteiger partial charge in [-0.1, -0.05) is 35.9 Å². The van der Waals surface area contributed by atoms with Crippen molar-refractivity contribution in [2.24, 2.45) is 0 Å². The molecule has 2 aromatic carbocycles. The van der Waals surface area contributed by atoms with E-state index in [1.807, 2.05) is 57.2 Å². The second kappa shape index (κ2) is 9.21. The first-order valence-corrected chi connectivity index (χ1v) is 9.07. The van der Waals surface area contributed by atoms with Crippen molar-refractivity contribution >= 4 is 17.5 Å². The van der Waals surface area contributed by atoms with Crippen LogP contribution in [0.3, 0.4) is 0 Å². The molecule has 0 fully saturated rings. The van der Waals surface area contributed by atoms with Crippen LogP contribution in [-0.2, 0) is 16.0 Å². The van der Waals surface area contributed by atoms with E-state index >= 15 is 0 Å². The van der Waals surface area contributed by atoms with Gasteiger partial charge in [0.25, 0.3) is 0 Å². The number of benzene rings is 2. The second-order valence-electron chi connectivity index (χ2n) is 6.82. The number of carbonyl (C=O) groups is 2. The molecule has 0 aliphatic carbocycles. The predicted molar refractivity (Wildman–Crippen MR) is 108 cm³/mol. The number of nitrogens with zero attached hydrogens (tertiary/aromatic N) is 1. The highest BCUT2D eigenvalue weighted by Crippen LogP contribution is 2.22. The van der Waals surface area contributed by atoms with Gasteiger partial charge in [-0.15, -0.1) is 0 Å². The van der Waals surface area contributed by atoms with Gasteiger partial charge in [0.1, 0.15) is 5.75 Å². The Morgan fingerprint density at radius 1 is 1.07 bits per heavy atom. The zero-order valence-corrected chi connectivity index (χ0v) is 16.8. The molecule has 0 heterocycles. The van der Waals surface area contributed by atoms with Crippen LogP contribution < -0.4 is 10.1 Å². The summed E-state index contributed by atoms with van der Waals surface area (Å²) in [5.74, 6) is 0.467. The number of amides is 2. The Morgan fingerprint density at radius 2 is 1.70 bits per heavy atom. The molecule has 2 amide bonds. The predicted octanol–water partition coefficient (Wildman–Crippen LogP) is 3.65. The van der Waals surface area contributed by atoms with Gasteiger partial charge in [-0.3, -0.25) is 9.59 Å². The first-order chi connectivity index (χ1) is 12.8. The number of carbonyl (C=O) groups excluding carboxylic acids is 2. The van der Waals surface area contributed by atoms with Gasteiger partial charge >= 0.3 is 0 Å². The monoisotopic (exact) mass is 368 g/mol. The number of hydrogen-bond acceptors (Lipinski definition) is 3. The largest absolute Gasteiger partial charge is 0.496 e. The first kappa shape index (κ1) is 20.5. The second-order valence-corrected chi connectivity index (χ2v) is 6.82. The normalized spacial score (nSPS) is 10.4. The summed E-state index contributed by atoms with van der Waals surface area (Å²) in [6, 6.07) is 11.8. The summed E-state index contributed by atoms with van der Waals surface area (Å²) in [4.78, 5) is 26.1. The maximum atomic E-state index is 12.5. The molecule has 0 aromatic heterocycles. The van der Waals surface area contributed by atoms with Gasteiger partial charge in [-0.25, -0.2) is 0 Å². The molecule has 5 heteroatoms. The molecule has 144 valence electrons. The van der Waals surface area contributed by atoms with Crippen molar-refractivity contribution < 1.29 is 14.3 Å².